The molecule has 0 spiro atoms. The van der Waals surface area contributed by atoms with Gasteiger partial charge in [0.2, 0.25) is 0 Å². The number of anilines is 1. The summed E-state index contributed by atoms with van der Waals surface area (Å²) in [4.78, 5) is 29.6. The highest BCUT2D eigenvalue weighted by Gasteiger charge is 2.17. The molecule has 182 valence electrons. The molecular weight excluding hydrogens is 476 g/mol. The normalized spacial score (nSPS) is 11.2. The van der Waals surface area contributed by atoms with Gasteiger partial charge in [0, 0.05) is 39.8 Å². The molecule has 5 rings (SSSR count). The van der Waals surface area contributed by atoms with Gasteiger partial charge in [-0.3, -0.25) is 9.78 Å². The Kier molecular flexibility index (Phi) is 6.20. The third kappa shape index (κ3) is 4.43. The molecular formula is C27H25ClN6O2. The minimum atomic E-state index is -0.279. The fraction of sp³-hybridized carbons (Fsp3) is 0.185. The van der Waals surface area contributed by atoms with E-state index in [0.29, 0.717) is 22.0 Å². The lowest BCUT2D eigenvalue weighted by Gasteiger charge is -2.16. The lowest BCUT2D eigenvalue weighted by Crippen LogP contribution is -2.23. The van der Waals surface area contributed by atoms with Crippen LogP contribution in [0.2, 0.25) is 5.02 Å². The Hall–Kier alpha value is -4.17. The van der Waals surface area contributed by atoms with Crippen LogP contribution in [0.25, 0.3) is 22.2 Å². The number of halogens is 1. The first-order valence-corrected chi connectivity index (χ1v) is 11.8. The van der Waals surface area contributed by atoms with Crippen molar-refractivity contribution in [2.75, 3.05) is 5.73 Å². The maximum atomic E-state index is 12.5. The predicted molar refractivity (Wildman–Crippen MR) is 141 cm³/mol. The Bertz CT molecular complexity index is 1660. The SMILES string of the molecule is Cc1cc(Cl)c(COc2cccc3c(-c4nc[nH]c4C)cc(C)nc23)c(Cn2cccc(N)c2=O)n1. The Morgan fingerprint density at radius 3 is 2.67 bits per heavy atom. The van der Waals surface area contributed by atoms with Crippen molar-refractivity contribution >= 4 is 28.2 Å². The van der Waals surface area contributed by atoms with E-state index in [2.05, 4.69) is 15.0 Å². The highest BCUT2D eigenvalue weighted by Crippen LogP contribution is 2.34. The van der Waals surface area contributed by atoms with Crippen LogP contribution in [0.4, 0.5) is 5.69 Å². The van der Waals surface area contributed by atoms with Crippen LogP contribution in [0.15, 0.2) is 59.8 Å². The highest BCUT2D eigenvalue weighted by molar-refractivity contribution is 6.31. The second kappa shape index (κ2) is 9.47. The number of ether oxygens (including phenoxy) is 1. The molecule has 4 aromatic heterocycles. The van der Waals surface area contributed by atoms with Crippen LogP contribution in [0, 0.1) is 20.8 Å². The number of para-hydroxylation sites is 1. The van der Waals surface area contributed by atoms with Gasteiger partial charge in [-0.15, -0.1) is 0 Å². The van der Waals surface area contributed by atoms with E-state index in [4.69, 9.17) is 27.1 Å². The van der Waals surface area contributed by atoms with Crippen LogP contribution in [-0.2, 0) is 13.2 Å². The number of pyridine rings is 3. The lowest BCUT2D eigenvalue weighted by atomic mass is 10.0. The molecule has 0 saturated carbocycles. The van der Waals surface area contributed by atoms with E-state index in [9.17, 15) is 4.79 Å². The Morgan fingerprint density at radius 2 is 1.89 bits per heavy atom. The van der Waals surface area contributed by atoms with Gasteiger partial charge in [-0.25, -0.2) is 9.97 Å². The van der Waals surface area contributed by atoms with E-state index < -0.39 is 0 Å². The number of nitrogens with zero attached hydrogens (tertiary/aromatic N) is 4. The van der Waals surface area contributed by atoms with Crippen LogP contribution in [0.1, 0.15) is 28.3 Å². The summed E-state index contributed by atoms with van der Waals surface area (Å²) in [7, 11) is 0. The maximum Gasteiger partial charge on any atom is 0.274 e. The van der Waals surface area contributed by atoms with E-state index in [1.807, 2.05) is 45.0 Å². The van der Waals surface area contributed by atoms with Gasteiger partial charge in [0.05, 0.1) is 35.0 Å². The summed E-state index contributed by atoms with van der Waals surface area (Å²) < 4.78 is 7.80. The minimum Gasteiger partial charge on any atom is -0.486 e. The molecule has 0 aliphatic rings. The lowest BCUT2D eigenvalue weighted by molar-refractivity contribution is 0.307. The fourth-order valence-electron chi connectivity index (χ4n) is 4.29. The van der Waals surface area contributed by atoms with Gasteiger partial charge in [0.15, 0.2) is 0 Å². The number of hydrogen-bond acceptors (Lipinski definition) is 6. The van der Waals surface area contributed by atoms with E-state index >= 15 is 0 Å². The number of H-pyrrole nitrogens is 1. The number of fused-ring (bicyclic) bond motifs is 1. The van der Waals surface area contributed by atoms with Crippen LogP contribution in [0.5, 0.6) is 5.75 Å². The van der Waals surface area contributed by atoms with E-state index in [-0.39, 0.29) is 24.4 Å². The number of aromatic amines is 1. The van der Waals surface area contributed by atoms with Crippen molar-refractivity contribution in [2.45, 2.75) is 33.9 Å². The van der Waals surface area contributed by atoms with Gasteiger partial charge in [0.25, 0.3) is 5.56 Å². The van der Waals surface area contributed by atoms with Crippen LogP contribution in [-0.4, -0.2) is 24.5 Å². The number of nitrogen functional groups attached to an aromatic ring is 1. The minimum absolute atomic E-state index is 0.157. The van der Waals surface area contributed by atoms with Gasteiger partial charge in [-0.2, -0.15) is 0 Å². The van der Waals surface area contributed by atoms with Crippen molar-refractivity contribution in [3.05, 3.63) is 98.7 Å². The molecule has 0 aliphatic carbocycles. The summed E-state index contributed by atoms with van der Waals surface area (Å²) in [5, 5.41) is 1.46. The predicted octanol–water partition coefficient (Wildman–Crippen LogP) is 4.97. The molecule has 9 heteroatoms. The van der Waals surface area contributed by atoms with Crippen LogP contribution < -0.4 is 16.0 Å². The first kappa shape index (κ1) is 23.6. The monoisotopic (exact) mass is 500 g/mol. The molecule has 0 fully saturated rings. The quantitative estimate of drug-likeness (QED) is 0.340. The standard InChI is InChI=1S/C27H25ClN6O2/c1-15-10-19(25-17(3)30-14-31-25)18-6-4-8-24(26(18)33-15)36-13-20-21(28)11-16(2)32-23(20)12-34-9-5-7-22(29)27(34)35/h4-11,14H,12-13,29H2,1-3H3,(H,30,31). The topological polar surface area (TPSA) is 112 Å². The zero-order valence-electron chi connectivity index (χ0n) is 20.2. The summed E-state index contributed by atoms with van der Waals surface area (Å²) in [6.07, 6.45) is 3.36. The van der Waals surface area contributed by atoms with Crippen molar-refractivity contribution in [1.29, 1.82) is 0 Å². The zero-order chi connectivity index (χ0) is 25.4. The molecule has 36 heavy (non-hydrogen) atoms. The maximum absolute atomic E-state index is 12.5. The zero-order valence-corrected chi connectivity index (χ0v) is 20.9. The Balaban J connectivity index is 1.53. The van der Waals surface area contributed by atoms with E-state index in [1.165, 1.54) is 4.57 Å². The number of nitrogens with one attached hydrogen (secondary N) is 1. The molecule has 1 aromatic carbocycles. The third-order valence-corrected chi connectivity index (χ3v) is 6.38. The van der Waals surface area contributed by atoms with Gasteiger partial charge < -0.3 is 20.0 Å². The molecule has 0 amide bonds. The number of aryl methyl sites for hydroxylation is 3. The van der Waals surface area contributed by atoms with Crippen LogP contribution >= 0.6 is 11.6 Å². The molecule has 3 N–H and O–H groups in total. The smallest absolute Gasteiger partial charge is 0.274 e. The first-order chi connectivity index (χ1) is 17.3. The van der Waals surface area contributed by atoms with Crippen LogP contribution in [0.3, 0.4) is 0 Å². The number of benzene rings is 1. The second-order valence-electron chi connectivity index (χ2n) is 8.70. The van der Waals surface area contributed by atoms with Crippen molar-refractivity contribution in [2.24, 2.45) is 0 Å². The van der Waals surface area contributed by atoms with Gasteiger partial charge in [0.1, 0.15) is 17.9 Å². The number of aromatic nitrogens is 5. The summed E-state index contributed by atoms with van der Waals surface area (Å²) in [6, 6.07) is 12.9. The van der Waals surface area contributed by atoms with E-state index in [1.54, 1.807) is 30.7 Å². The van der Waals surface area contributed by atoms with Crippen molar-refractivity contribution < 1.29 is 4.74 Å². The summed E-state index contributed by atoms with van der Waals surface area (Å²) in [5.41, 5.74) is 12.2. The first-order valence-electron chi connectivity index (χ1n) is 11.4. The van der Waals surface area contributed by atoms with Crippen molar-refractivity contribution in [1.82, 2.24) is 24.5 Å². The van der Waals surface area contributed by atoms with Gasteiger partial charge >= 0.3 is 0 Å². The number of hydrogen-bond donors (Lipinski definition) is 2. The molecule has 0 atom stereocenters. The number of imidazole rings is 1. The average Bonchev–Trinajstić information content (AvgIpc) is 3.26. The highest BCUT2D eigenvalue weighted by atomic mass is 35.5. The molecule has 0 aliphatic heterocycles. The molecule has 0 bridgehead atoms. The molecule has 0 saturated heterocycles. The Morgan fingerprint density at radius 1 is 1.08 bits per heavy atom. The molecule has 4 heterocycles. The van der Waals surface area contributed by atoms with Gasteiger partial charge in [-0.05, 0) is 51.1 Å². The molecule has 0 radical (unpaired) electrons. The van der Waals surface area contributed by atoms with E-state index in [0.717, 1.165) is 39.2 Å². The van der Waals surface area contributed by atoms with Gasteiger partial charge in [-0.1, -0.05) is 23.7 Å². The summed E-state index contributed by atoms with van der Waals surface area (Å²) >= 11 is 6.63. The average molecular weight is 501 g/mol. The molecule has 5 aromatic rings. The molecule has 8 nitrogen and oxygen atoms in total. The second-order valence-corrected chi connectivity index (χ2v) is 9.10. The summed E-state index contributed by atoms with van der Waals surface area (Å²) in [6.45, 7) is 6.18. The number of nitrogens with two attached hydrogens (primary N) is 1. The third-order valence-electron chi connectivity index (χ3n) is 6.04. The summed E-state index contributed by atoms with van der Waals surface area (Å²) in [5.74, 6) is 0.620. The van der Waals surface area contributed by atoms with Crippen molar-refractivity contribution in [3.8, 4) is 17.0 Å². The van der Waals surface area contributed by atoms with Crippen molar-refractivity contribution in [3.63, 3.8) is 0 Å². The largest absolute Gasteiger partial charge is 0.486 e. The number of rotatable bonds is 6. The fourth-order valence-corrected chi connectivity index (χ4v) is 4.61. The molecule has 0 unspecified atom stereocenters. The Labute approximate surface area is 212 Å².